The lowest BCUT2D eigenvalue weighted by Gasteiger charge is -2.04. The van der Waals surface area contributed by atoms with E-state index in [0.717, 1.165) is 28.1 Å². The minimum Gasteiger partial charge on any atom is -0.464 e. The predicted molar refractivity (Wildman–Crippen MR) is 84.9 cm³/mol. The number of halogens is 1. The summed E-state index contributed by atoms with van der Waals surface area (Å²) in [5.41, 5.74) is 1.11. The average Bonchev–Trinajstić information content (AvgIpc) is 2.86. The number of aromatic nitrogens is 2. The van der Waals surface area contributed by atoms with Gasteiger partial charge in [0.25, 0.3) is 5.19 Å². The van der Waals surface area contributed by atoms with Gasteiger partial charge in [0.1, 0.15) is 11.6 Å². The van der Waals surface area contributed by atoms with Crippen molar-refractivity contribution in [1.29, 1.82) is 0 Å². The first-order chi connectivity index (χ1) is 9.63. The normalized spacial score (nSPS) is 11.0. The molecule has 0 unspecified atom stereocenters. The van der Waals surface area contributed by atoms with Gasteiger partial charge in [0.05, 0.1) is 0 Å². The minimum absolute atomic E-state index is 0.515. The first kappa shape index (κ1) is 15.4. The van der Waals surface area contributed by atoms with E-state index in [1.165, 1.54) is 11.3 Å². The monoisotopic (exact) mass is 355 g/mol. The van der Waals surface area contributed by atoms with Gasteiger partial charge in [-0.2, -0.15) is 0 Å². The molecule has 1 aromatic carbocycles. The van der Waals surface area contributed by atoms with Crippen LogP contribution in [0.3, 0.4) is 0 Å². The summed E-state index contributed by atoms with van der Waals surface area (Å²) in [5, 5.41) is 13.1. The maximum atomic E-state index is 5.64. The highest BCUT2D eigenvalue weighted by atomic mass is 79.9. The predicted octanol–water partition coefficient (Wildman–Crippen LogP) is 3.63. The maximum absolute atomic E-state index is 5.64. The quantitative estimate of drug-likeness (QED) is 0.823. The van der Waals surface area contributed by atoms with Gasteiger partial charge in [0.15, 0.2) is 0 Å². The van der Waals surface area contributed by atoms with Crippen molar-refractivity contribution in [3.63, 3.8) is 0 Å². The molecule has 1 aromatic heterocycles. The van der Waals surface area contributed by atoms with Crippen molar-refractivity contribution in [3.05, 3.63) is 39.3 Å². The smallest absolute Gasteiger partial charge is 0.294 e. The third kappa shape index (κ3) is 5.19. The SMILES string of the molecule is CC(C)CNCc1nnc(OCc2ccc(Br)cc2)s1. The third-order valence-electron chi connectivity index (χ3n) is 2.55. The average molecular weight is 356 g/mol. The van der Waals surface area contributed by atoms with Gasteiger partial charge in [-0.15, -0.1) is 5.10 Å². The van der Waals surface area contributed by atoms with Gasteiger partial charge in [-0.3, -0.25) is 0 Å². The molecule has 108 valence electrons. The number of rotatable bonds is 7. The van der Waals surface area contributed by atoms with E-state index in [0.29, 0.717) is 17.7 Å². The van der Waals surface area contributed by atoms with E-state index in [9.17, 15) is 0 Å². The Hall–Kier alpha value is -0.980. The Kier molecular flexibility index (Phi) is 5.94. The van der Waals surface area contributed by atoms with Gasteiger partial charge in [0, 0.05) is 11.0 Å². The highest BCUT2D eigenvalue weighted by Gasteiger charge is 2.05. The van der Waals surface area contributed by atoms with Crippen LogP contribution in [0.15, 0.2) is 28.7 Å². The number of ether oxygens (including phenoxy) is 1. The van der Waals surface area contributed by atoms with Crippen LogP contribution in [0, 0.1) is 5.92 Å². The highest BCUT2D eigenvalue weighted by molar-refractivity contribution is 9.10. The van der Waals surface area contributed by atoms with E-state index < -0.39 is 0 Å². The maximum Gasteiger partial charge on any atom is 0.294 e. The van der Waals surface area contributed by atoms with Crippen LogP contribution >= 0.6 is 27.3 Å². The van der Waals surface area contributed by atoms with Crippen molar-refractivity contribution in [2.75, 3.05) is 6.54 Å². The van der Waals surface area contributed by atoms with Crippen molar-refractivity contribution in [2.45, 2.75) is 27.0 Å². The van der Waals surface area contributed by atoms with Crippen molar-refractivity contribution >= 4 is 27.3 Å². The molecular weight excluding hydrogens is 338 g/mol. The molecule has 0 aliphatic carbocycles. The van der Waals surface area contributed by atoms with Crippen molar-refractivity contribution < 1.29 is 4.74 Å². The molecule has 6 heteroatoms. The van der Waals surface area contributed by atoms with Crippen LogP contribution < -0.4 is 10.1 Å². The van der Waals surface area contributed by atoms with E-state index in [1.54, 1.807) is 0 Å². The van der Waals surface area contributed by atoms with Crippen LogP contribution in [0.25, 0.3) is 0 Å². The van der Waals surface area contributed by atoms with Gasteiger partial charge in [0.2, 0.25) is 0 Å². The van der Waals surface area contributed by atoms with Crippen LogP contribution in [0.1, 0.15) is 24.4 Å². The molecule has 0 atom stereocenters. The van der Waals surface area contributed by atoms with Crippen LogP contribution in [-0.4, -0.2) is 16.7 Å². The molecule has 0 amide bonds. The van der Waals surface area contributed by atoms with Crippen molar-refractivity contribution in [2.24, 2.45) is 5.92 Å². The number of nitrogens with zero attached hydrogens (tertiary/aromatic N) is 2. The second-order valence-corrected chi connectivity index (χ2v) is 6.84. The van der Waals surface area contributed by atoms with E-state index >= 15 is 0 Å². The molecule has 0 bridgehead atoms. The summed E-state index contributed by atoms with van der Waals surface area (Å²) in [6.45, 7) is 6.60. The zero-order valence-electron chi connectivity index (χ0n) is 11.6. The van der Waals surface area contributed by atoms with Crippen LogP contribution in [0.4, 0.5) is 0 Å². The molecule has 0 saturated carbocycles. The van der Waals surface area contributed by atoms with Crippen molar-refractivity contribution in [1.82, 2.24) is 15.5 Å². The summed E-state index contributed by atoms with van der Waals surface area (Å²) in [6.07, 6.45) is 0. The van der Waals surface area contributed by atoms with E-state index in [1.807, 2.05) is 24.3 Å². The summed E-state index contributed by atoms with van der Waals surface area (Å²) in [6, 6.07) is 8.05. The standard InChI is InChI=1S/C14H18BrN3OS/c1-10(2)7-16-8-13-17-18-14(20-13)19-9-11-3-5-12(15)6-4-11/h3-6,10,16H,7-9H2,1-2H3. The molecule has 0 radical (unpaired) electrons. The Balaban J connectivity index is 1.79. The number of hydrogen-bond acceptors (Lipinski definition) is 5. The van der Waals surface area contributed by atoms with Gasteiger partial charge in [-0.1, -0.05) is 58.3 Å². The van der Waals surface area contributed by atoms with Crippen LogP contribution in [-0.2, 0) is 13.2 Å². The molecule has 20 heavy (non-hydrogen) atoms. The Bertz CT molecular complexity index is 527. The van der Waals surface area contributed by atoms with Crippen LogP contribution in [0.2, 0.25) is 0 Å². The molecule has 0 spiro atoms. The first-order valence-corrected chi connectivity index (χ1v) is 8.15. The molecule has 1 N–H and O–H groups in total. The van der Waals surface area contributed by atoms with Gasteiger partial charge < -0.3 is 10.1 Å². The van der Waals surface area contributed by atoms with Gasteiger partial charge >= 0.3 is 0 Å². The highest BCUT2D eigenvalue weighted by Crippen LogP contribution is 2.19. The fourth-order valence-electron chi connectivity index (χ4n) is 1.56. The summed E-state index contributed by atoms with van der Waals surface area (Å²) in [7, 11) is 0. The Morgan fingerprint density at radius 1 is 1.25 bits per heavy atom. The number of benzene rings is 1. The van der Waals surface area contributed by atoms with Gasteiger partial charge in [-0.25, -0.2) is 0 Å². The Morgan fingerprint density at radius 3 is 2.70 bits per heavy atom. The van der Waals surface area contributed by atoms with E-state index in [-0.39, 0.29) is 0 Å². The molecule has 0 saturated heterocycles. The molecule has 4 nitrogen and oxygen atoms in total. The fraction of sp³-hybridized carbons (Fsp3) is 0.429. The number of nitrogens with one attached hydrogen (secondary N) is 1. The van der Waals surface area contributed by atoms with E-state index in [4.69, 9.17) is 4.74 Å². The lowest BCUT2D eigenvalue weighted by atomic mass is 10.2. The number of hydrogen-bond donors (Lipinski definition) is 1. The molecule has 2 rings (SSSR count). The zero-order chi connectivity index (χ0) is 14.4. The lowest BCUT2D eigenvalue weighted by Crippen LogP contribution is -2.18. The summed E-state index contributed by atoms with van der Waals surface area (Å²) in [5.74, 6) is 0.635. The topological polar surface area (TPSA) is 47.0 Å². The van der Waals surface area contributed by atoms with Crippen molar-refractivity contribution in [3.8, 4) is 5.19 Å². The molecule has 2 aromatic rings. The second-order valence-electron chi connectivity index (χ2n) is 4.90. The summed E-state index contributed by atoms with van der Waals surface area (Å²) >= 11 is 4.90. The fourth-order valence-corrected chi connectivity index (χ4v) is 2.48. The largest absolute Gasteiger partial charge is 0.464 e. The molecule has 1 heterocycles. The minimum atomic E-state index is 0.515. The molecule has 0 aliphatic rings. The Labute approximate surface area is 131 Å². The Morgan fingerprint density at radius 2 is 2.00 bits per heavy atom. The third-order valence-corrected chi connectivity index (χ3v) is 3.92. The molecular formula is C14H18BrN3OS. The van der Waals surface area contributed by atoms with E-state index in [2.05, 4.69) is 45.3 Å². The first-order valence-electron chi connectivity index (χ1n) is 6.54. The van der Waals surface area contributed by atoms with Crippen LogP contribution in [0.5, 0.6) is 5.19 Å². The molecule has 0 fully saturated rings. The zero-order valence-corrected chi connectivity index (χ0v) is 14.0. The lowest BCUT2D eigenvalue weighted by molar-refractivity contribution is 0.302. The summed E-state index contributed by atoms with van der Waals surface area (Å²) in [4.78, 5) is 0. The second kappa shape index (κ2) is 7.71. The molecule has 0 aliphatic heterocycles. The van der Waals surface area contributed by atoms with Gasteiger partial charge in [-0.05, 0) is 30.2 Å². The summed E-state index contributed by atoms with van der Waals surface area (Å²) < 4.78 is 6.71.